The van der Waals surface area contributed by atoms with Crippen molar-refractivity contribution < 1.29 is 23.9 Å². The minimum Gasteiger partial charge on any atom is -0.464 e. The van der Waals surface area contributed by atoms with Gasteiger partial charge in [0.15, 0.2) is 0 Å². The molecule has 9 nitrogen and oxygen atoms in total. The summed E-state index contributed by atoms with van der Waals surface area (Å²) in [6.07, 6.45) is -0.355. The first-order valence-electron chi connectivity index (χ1n) is 6.90. The van der Waals surface area contributed by atoms with Crippen LogP contribution in [0.4, 0.5) is 15.5 Å². The fourth-order valence-corrected chi connectivity index (χ4v) is 2.30. The predicted molar refractivity (Wildman–Crippen MR) is 79.1 cm³/mol. The smallest absolute Gasteiger partial charge is 0.413 e. The Bertz CT molecular complexity index is 785. The van der Waals surface area contributed by atoms with E-state index in [0.717, 1.165) is 0 Å². The van der Waals surface area contributed by atoms with E-state index in [1.165, 1.54) is 11.7 Å². The van der Waals surface area contributed by atoms with E-state index < -0.39 is 24.1 Å². The van der Waals surface area contributed by atoms with Crippen LogP contribution in [-0.4, -0.2) is 47.4 Å². The van der Waals surface area contributed by atoms with E-state index in [0.29, 0.717) is 17.5 Å². The minimum atomic E-state index is -0.755. The number of para-hydroxylation sites is 2. The molecule has 2 N–H and O–H groups in total. The number of aromatic nitrogens is 2. The lowest BCUT2D eigenvalue weighted by Gasteiger charge is -2.12. The second-order valence-corrected chi connectivity index (χ2v) is 4.83. The van der Waals surface area contributed by atoms with Gasteiger partial charge in [0.2, 0.25) is 5.95 Å². The average molecular weight is 318 g/mol. The van der Waals surface area contributed by atoms with Crippen LogP contribution >= 0.6 is 0 Å². The van der Waals surface area contributed by atoms with Gasteiger partial charge >= 0.3 is 18.1 Å². The van der Waals surface area contributed by atoms with E-state index in [1.54, 1.807) is 24.3 Å². The molecule has 1 aromatic heterocycles. The summed E-state index contributed by atoms with van der Waals surface area (Å²) >= 11 is 0. The number of carbonyl (C=O) groups excluding carboxylic acids is 3. The van der Waals surface area contributed by atoms with Crippen LogP contribution in [0.15, 0.2) is 24.3 Å². The zero-order chi connectivity index (χ0) is 16.4. The molecule has 0 spiro atoms. The molecule has 3 rings (SSSR count). The summed E-state index contributed by atoms with van der Waals surface area (Å²) in [5.74, 6) is -0.479. The van der Waals surface area contributed by atoms with Crippen molar-refractivity contribution in [1.29, 1.82) is 0 Å². The molecule has 2 aromatic rings. The van der Waals surface area contributed by atoms with E-state index in [1.807, 2.05) is 0 Å². The normalized spacial score (nSPS) is 16.9. The van der Waals surface area contributed by atoms with Gasteiger partial charge in [-0.05, 0) is 12.1 Å². The van der Waals surface area contributed by atoms with Gasteiger partial charge in [-0.1, -0.05) is 12.1 Å². The van der Waals surface area contributed by atoms with Gasteiger partial charge in [0.05, 0.1) is 24.8 Å². The maximum absolute atomic E-state index is 12.5. The molecule has 2 amide bonds. The third-order valence-electron chi connectivity index (χ3n) is 3.40. The molecule has 0 aliphatic carbocycles. The Labute approximate surface area is 130 Å². The number of methoxy groups -OCH3 is 1. The molecule has 1 fully saturated rings. The summed E-state index contributed by atoms with van der Waals surface area (Å²) in [7, 11) is 1.21. The lowest BCUT2D eigenvalue weighted by atomic mass is 10.2. The molecule has 9 heteroatoms. The van der Waals surface area contributed by atoms with Crippen molar-refractivity contribution in [1.82, 2.24) is 14.9 Å². The highest BCUT2D eigenvalue weighted by atomic mass is 16.5. The van der Waals surface area contributed by atoms with Gasteiger partial charge in [-0.2, -0.15) is 0 Å². The Kier molecular flexibility index (Phi) is 3.83. The molecule has 1 atom stereocenters. The molecule has 1 aliphatic rings. The van der Waals surface area contributed by atoms with Gasteiger partial charge in [-0.15, -0.1) is 0 Å². The van der Waals surface area contributed by atoms with Crippen LogP contribution < -0.4 is 10.6 Å². The van der Waals surface area contributed by atoms with Crippen LogP contribution in [0.2, 0.25) is 0 Å². The average Bonchev–Trinajstić information content (AvgIpc) is 3.10. The number of cyclic esters (lactones) is 1. The third kappa shape index (κ3) is 2.80. The monoisotopic (exact) mass is 318 g/mol. The van der Waals surface area contributed by atoms with Crippen LogP contribution in [0.25, 0.3) is 11.0 Å². The number of nitrogens with zero attached hydrogens (tertiary/aromatic N) is 2. The van der Waals surface area contributed by atoms with Crippen molar-refractivity contribution >= 4 is 35.1 Å². The fraction of sp³-hybridized carbons (Fsp3) is 0.286. The number of fused-ring (bicyclic) bond motifs is 1. The molecule has 1 aliphatic heterocycles. The largest absolute Gasteiger partial charge is 0.464 e. The van der Waals surface area contributed by atoms with Crippen molar-refractivity contribution in [3.63, 3.8) is 0 Å². The number of ether oxygens (including phenoxy) is 2. The molecule has 23 heavy (non-hydrogen) atoms. The first-order chi connectivity index (χ1) is 11.1. The highest BCUT2D eigenvalue weighted by Gasteiger charge is 2.29. The summed E-state index contributed by atoms with van der Waals surface area (Å²) in [6.45, 7) is 0.266. The molecule has 1 aromatic carbocycles. The molecule has 1 unspecified atom stereocenters. The molecule has 120 valence electrons. The summed E-state index contributed by atoms with van der Waals surface area (Å²) in [4.78, 5) is 39.7. The molecular formula is C14H14N4O5. The second kappa shape index (κ2) is 5.95. The number of benzene rings is 1. The third-order valence-corrected chi connectivity index (χ3v) is 3.40. The summed E-state index contributed by atoms with van der Waals surface area (Å²) < 4.78 is 10.5. The molecule has 0 radical (unpaired) electrons. The lowest BCUT2D eigenvalue weighted by molar-refractivity contribution is -0.139. The lowest BCUT2D eigenvalue weighted by Crippen LogP contribution is -2.40. The van der Waals surface area contributed by atoms with E-state index >= 15 is 0 Å². The molecule has 2 heterocycles. The van der Waals surface area contributed by atoms with Crippen molar-refractivity contribution in [2.24, 2.45) is 0 Å². The van der Waals surface area contributed by atoms with Gasteiger partial charge in [0.25, 0.3) is 0 Å². The van der Waals surface area contributed by atoms with Crippen molar-refractivity contribution in [2.75, 3.05) is 19.0 Å². The number of esters is 1. The summed E-state index contributed by atoms with van der Waals surface area (Å²) in [5, 5.41) is 4.95. The topological polar surface area (TPSA) is 112 Å². The quantitative estimate of drug-likeness (QED) is 0.802. The maximum atomic E-state index is 12.5. The molecule has 1 saturated heterocycles. The van der Waals surface area contributed by atoms with Crippen molar-refractivity contribution in [3.05, 3.63) is 24.3 Å². The number of carbonyl (C=O) groups is 3. The van der Waals surface area contributed by atoms with Crippen LogP contribution in [0, 0.1) is 0 Å². The molecule has 0 bridgehead atoms. The van der Waals surface area contributed by atoms with E-state index in [2.05, 4.69) is 20.4 Å². The van der Waals surface area contributed by atoms with Gasteiger partial charge in [-0.25, -0.2) is 23.9 Å². The maximum Gasteiger partial charge on any atom is 0.413 e. The SMILES string of the molecule is COC(=O)Nc1nc2ccccc2n1C(=O)NC1CCOC1=O. The van der Waals surface area contributed by atoms with E-state index in [9.17, 15) is 14.4 Å². The van der Waals surface area contributed by atoms with Gasteiger partial charge in [0, 0.05) is 6.42 Å². The van der Waals surface area contributed by atoms with Crippen molar-refractivity contribution in [3.8, 4) is 0 Å². The van der Waals surface area contributed by atoms with Crippen LogP contribution in [0.3, 0.4) is 0 Å². The summed E-state index contributed by atoms with van der Waals surface area (Å²) in [5.41, 5.74) is 1.01. The number of hydrogen-bond acceptors (Lipinski definition) is 6. The van der Waals surface area contributed by atoms with Gasteiger partial charge in [-0.3, -0.25) is 5.32 Å². The fourth-order valence-electron chi connectivity index (χ4n) is 2.30. The number of rotatable bonds is 2. The van der Waals surface area contributed by atoms with E-state index in [-0.39, 0.29) is 12.6 Å². The zero-order valence-corrected chi connectivity index (χ0v) is 12.2. The number of hydrogen-bond donors (Lipinski definition) is 2. The highest BCUT2D eigenvalue weighted by Crippen LogP contribution is 2.20. The Hall–Kier alpha value is -3.10. The Morgan fingerprint density at radius 2 is 2.17 bits per heavy atom. The second-order valence-electron chi connectivity index (χ2n) is 4.83. The minimum absolute atomic E-state index is 0.00177. The Morgan fingerprint density at radius 3 is 2.87 bits per heavy atom. The number of anilines is 1. The Balaban J connectivity index is 1.96. The van der Waals surface area contributed by atoms with Crippen molar-refractivity contribution in [2.45, 2.75) is 12.5 Å². The first kappa shape index (κ1) is 14.8. The Morgan fingerprint density at radius 1 is 1.39 bits per heavy atom. The van der Waals surface area contributed by atoms with Crippen LogP contribution in [0.5, 0.6) is 0 Å². The van der Waals surface area contributed by atoms with E-state index in [4.69, 9.17) is 4.74 Å². The van der Waals surface area contributed by atoms with Gasteiger partial charge in [0.1, 0.15) is 6.04 Å². The summed E-state index contributed by atoms with van der Waals surface area (Å²) in [6, 6.07) is 5.57. The standard InChI is InChI=1S/C14H14N4O5/c1-22-14(21)17-12-15-8-4-2-3-5-10(8)18(12)13(20)16-9-6-7-23-11(9)19/h2-5,9H,6-7H2,1H3,(H,16,20)(H,15,17,21). The number of amides is 2. The molecule has 0 saturated carbocycles. The van der Waals surface area contributed by atoms with Crippen LogP contribution in [-0.2, 0) is 14.3 Å². The number of imidazole rings is 1. The number of nitrogens with one attached hydrogen (secondary N) is 2. The molecular weight excluding hydrogens is 304 g/mol. The first-order valence-corrected chi connectivity index (χ1v) is 6.90. The van der Waals surface area contributed by atoms with Gasteiger partial charge < -0.3 is 14.8 Å². The highest BCUT2D eigenvalue weighted by molar-refractivity contribution is 5.97. The zero-order valence-electron chi connectivity index (χ0n) is 12.2. The van der Waals surface area contributed by atoms with Crippen LogP contribution in [0.1, 0.15) is 6.42 Å². The predicted octanol–water partition coefficient (Wildman–Crippen LogP) is 1.09.